The lowest BCUT2D eigenvalue weighted by Crippen LogP contribution is -2.27. The summed E-state index contributed by atoms with van der Waals surface area (Å²) in [4.78, 5) is 26.5. The molecule has 3 aromatic rings. The van der Waals surface area contributed by atoms with E-state index < -0.39 is 21.3 Å². The van der Waals surface area contributed by atoms with Crippen LogP contribution in [0.1, 0.15) is 5.56 Å². The molecule has 0 aromatic heterocycles. The van der Waals surface area contributed by atoms with Crippen LogP contribution < -0.4 is 13.8 Å². The van der Waals surface area contributed by atoms with Crippen LogP contribution in [-0.2, 0) is 14.9 Å². The Kier molecular flexibility index (Phi) is 6.46. The van der Waals surface area contributed by atoms with Crippen LogP contribution in [0.4, 0.5) is 10.5 Å². The fourth-order valence-electron chi connectivity index (χ4n) is 3.03. The van der Waals surface area contributed by atoms with Crippen molar-refractivity contribution in [2.45, 2.75) is 4.90 Å². The number of methoxy groups -OCH3 is 1. The minimum absolute atomic E-state index is 0.00648. The van der Waals surface area contributed by atoms with Gasteiger partial charge in [0.1, 0.15) is 4.90 Å². The topological polar surface area (TPSA) is 90.0 Å². The lowest BCUT2D eigenvalue weighted by atomic mass is 10.2. The first kappa shape index (κ1) is 22.9. The molecule has 10 heteroatoms. The average molecular weight is 502 g/mol. The highest BCUT2D eigenvalue weighted by Gasteiger charge is 2.36. The van der Waals surface area contributed by atoms with E-state index in [1.165, 1.54) is 37.5 Å². The van der Waals surface area contributed by atoms with E-state index in [9.17, 15) is 18.0 Å². The van der Waals surface area contributed by atoms with Crippen LogP contribution in [0.5, 0.6) is 11.5 Å². The summed E-state index contributed by atoms with van der Waals surface area (Å²) in [5.41, 5.74) is 0.940. The summed E-state index contributed by atoms with van der Waals surface area (Å²) in [6.45, 7) is 0. The Morgan fingerprint density at radius 2 is 1.64 bits per heavy atom. The predicted molar refractivity (Wildman–Crippen MR) is 127 cm³/mol. The van der Waals surface area contributed by atoms with Gasteiger partial charge in [-0.2, -0.15) is 8.42 Å². The Morgan fingerprint density at radius 1 is 0.939 bits per heavy atom. The van der Waals surface area contributed by atoms with E-state index in [1.807, 2.05) is 0 Å². The van der Waals surface area contributed by atoms with E-state index in [1.54, 1.807) is 48.5 Å². The highest BCUT2D eigenvalue weighted by Crippen LogP contribution is 2.37. The smallest absolute Gasteiger partial charge is 0.339 e. The predicted octanol–water partition coefficient (Wildman–Crippen LogP) is 5.36. The molecule has 1 fully saturated rings. The molecule has 1 saturated heterocycles. The van der Waals surface area contributed by atoms with Gasteiger partial charge in [-0.3, -0.25) is 9.59 Å². The molecule has 4 rings (SSSR count). The first-order valence-electron chi connectivity index (χ1n) is 9.49. The van der Waals surface area contributed by atoms with Crippen LogP contribution in [0.25, 0.3) is 6.08 Å². The molecule has 0 unspecified atom stereocenters. The van der Waals surface area contributed by atoms with Crippen LogP contribution in [0.2, 0.25) is 5.02 Å². The molecule has 168 valence electrons. The number of nitrogens with zero attached hydrogens (tertiary/aromatic N) is 1. The summed E-state index contributed by atoms with van der Waals surface area (Å²) in [6, 6.07) is 18.6. The number of hydrogen-bond acceptors (Lipinski definition) is 7. The van der Waals surface area contributed by atoms with Gasteiger partial charge in [-0.15, -0.1) is 0 Å². The first-order valence-corrected chi connectivity index (χ1v) is 12.1. The van der Waals surface area contributed by atoms with Crippen molar-refractivity contribution in [1.29, 1.82) is 0 Å². The molecule has 0 aliphatic carbocycles. The number of hydrogen-bond donors (Lipinski definition) is 0. The van der Waals surface area contributed by atoms with Crippen molar-refractivity contribution in [1.82, 2.24) is 0 Å². The Bertz CT molecular complexity index is 1360. The summed E-state index contributed by atoms with van der Waals surface area (Å²) in [7, 11) is -2.68. The summed E-state index contributed by atoms with van der Waals surface area (Å²) in [5.74, 6) is -0.328. The number of anilines is 1. The van der Waals surface area contributed by atoms with Crippen LogP contribution in [0.3, 0.4) is 0 Å². The van der Waals surface area contributed by atoms with Crippen molar-refractivity contribution >= 4 is 56.4 Å². The third kappa shape index (κ3) is 4.90. The number of ether oxygens (including phenoxy) is 1. The number of imide groups is 1. The van der Waals surface area contributed by atoms with Crippen molar-refractivity contribution in [3.05, 3.63) is 88.3 Å². The van der Waals surface area contributed by atoms with Gasteiger partial charge in [0.05, 0.1) is 17.7 Å². The van der Waals surface area contributed by atoms with Crippen molar-refractivity contribution < 1.29 is 26.9 Å². The molecular formula is C23H16ClNO6S2. The number of amides is 2. The Hall–Kier alpha value is -3.27. The zero-order valence-electron chi connectivity index (χ0n) is 17.1. The van der Waals surface area contributed by atoms with Gasteiger partial charge in [-0.05, 0) is 71.9 Å². The molecule has 1 heterocycles. The molecular weight excluding hydrogens is 486 g/mol. The van der Waals surface area contributed by atoms with Gasteiger partial charge in [0.15, 0.2) is 11.5 Å². The number of benzene rings is 3. The zero-order valence-corrected chi connectivity index (χ0v) is 19.5. The third-order valence-corrected chi connectivity index (χ3v) is 6.97. The monoisotopic (exact) mass is 501 g/mol. The van der Waals surface area contributed by atoms with Crippen molar-refractivity contribution in [3.63, 3.8) is 0 Å². The average Bonchev–Trinajstić information content (AvgIpc) is 3.08. The van der Waals surface area contributed by atoms with E-state index in [-0.39, 0.29) is 21.3 Å². The van der Waals surface area contributed by atoms with Crippen LogP contribution in [0.15, 0.2) is 82.6 Å². The SMILES string of the molecule is COc1cc(/C=C2/SC(=O)N(c3ccc(Cl)cc3)C2=O)ccc1OS(=O)(=O)c1ccccc1. The number of halogens is 1. The summed E-state index contributed by atoms with van der Waals surface area (Å²) >= 11 is 6.68. The molecule has 0 spiro atoms. The minimum atomic E-state index is -4.05. The molecule has 0 radical (unpaired) electrons. The molecule has 0 N–H and O–H groups in total. The summed E-state index contributed by atoms with van der Waals surface area (Å²) in [5, 5.41) is 0.0550. The first-order chi connectivity index (χ1) is 15.8. The van der Waals surface area contributed by atoms with Crippen LogP contribution in [-0.4, -0.2) is 26.7 Å². The Morgan fingerprint density at radius 3 is 2.30 bits per heavy atom. The Labute approximate surface area is 199 Å². The van der Waals surface area contributed by atoms with Gasteiger partial charge in [-0.25, -0.2) is 4.90 Å². The maximum atomic E-state index is 12.8. The van der Waals surface area contributed by atoms with Gasteiger partial charge in [0.2, 0.25) is 0 Å². The molecule has 3 aromatic carbocycles. The third-order valence-electron chi connectivity index (χ3n) is 4.60. The van der Waals surface area contributed by atoms with Gasteiger partial charge < -0.3 is 8.92 Å². The molecule has 0 saturated carbocycles. The number of carbonyl (C=O) groups is 2. The molecule has 0 bridgehead atoms. The molecule has 0 atom stereocenters. The van der Waals surface area contributed by atoms with Crippen molar-refractivity contribution in [3.8, 4) is 11.5 Å². The van der Waals surface area contributed by atoms with E-state index in [0.29, 0.717) is 16.3 Å². The second-order valence-electron chi connectivity index (χ2n) is 6.75. The van der Waals surface area contributed by atoms with E-state index in [0.717, 1.165) is 16.7 Å². The molecule has 1 aliphatic heterocycles. The molecule has 1 aliphatic rings. The van der Waals surface area contributed by atoms with Crippen molar-refractivity contribution in [2.24, 2.45) is 0 Å². The standard InChI is InChI=1S/C23H16ClNO6S2/c1-30-20-13-15(7-12-19(20)31-33(28,29)18-5-3-2-4-6-18)14-21-22(26)25(23(27)32-21)17-10-8-16(24)9-11-17/h2-14H,1H3/b21-14+. The lowest BCUT2D eigenvalue weighted by molar-refractivity contribution is -0.113. The Balaban J connectivity index is 1.60. The highest BCUT2D eigenvalue weighted by molar-refractivity contribution is 8.19. The highest BCUT2D eigenvalue weighted by atomic mass is 35.5. The van der Waals surface area contributed by atoms with Gasteiger partial charge in [0.25, 0.3) is 11.1 Å². The van der Waals surface area contributed by atoms with Gasteiger partial charge in [0, 0.05) is 5.02 Å². The number of carbonyl (C=O) groups excluding carboxylic acids is 2. The van der Waals surface area contributed by atoms with Crippen LogP contribution in [0, 0.1) is 0 Å². The second kappa shape index (κ2) is 9.30. The van der Waals surface area contributed by atoms with Gasteiger partial charge >= 0.3 is 10.1 Å². The minimum Gasteiger partial charge on any atom is -0.493 e. The van der Waals surface area contributed by atoms with Crippen LogP contribution >= 0.6 is 23.4 Å². The second-order valence-corrected chi connectivity index (χ2v) is 9.73. The maximum absolute atomic E-state index is 12.8. The normalized spacial score (nSPS) is 15.2. The van der Waals surface area contributed by atoms with Gasteiger partial charge in [-0.1, -0.05) is 35.9 Å². The molecule has 2 amide bonds. The largest absolute Gasteiger partial charge is 0.493 e. The van der Waals surface area contributed by atoms with E-state index in [2.05, 4.69) is 0 Å². The number of thioether (sulfide) groups is 1. The van der Waals surface area contributed by atoms with Crippen molar-refractivity contribution in [2.75, 3.05) is 12.0 Å². The lowest BCUT2D eigenvalue weighted by Gasteiger charge is -2.12. The molecule has 7 nitrogen and oxygen atoms in total. The summed E-state index contributed by atoms with van der Waals surface area (Å²) in [6.07, 6.45) is 1.53. The quantitative estimate of drug-likeness (QED) is 0.332. The number of rotatable bonds is 6. The maximum Gasteiger partial charge on any atom is 0.339 e. The fourth-order valence-corrected chi connectivity index (χ4v) is 4.96. The zero-order chi connectivity index (χ0) is 23.6. The fraction of sp³-hybridized carbons (Fsp3) is 0.0435. The molecule has 33 heavy (non-hydrogen) atoms. The van der Waals surface area contributed by atoms with E-state index in [4.69, 9.17) is 20.5 Å². The van der Waals surface area contributed by atoms with E-state index >= 15 is 0 Å². The summed E-state index contributed by atoms with van der Waals surface area (Å²) < 4.78 is 35.6.